The normalized spacial score (nSPS) is 8.58. The minimum atomic E-state index is -0.0539. The number of hydrogen-bond donors (Lipinski definition) is 1. The molecule has 0 unspecified atom stereocenters. The minimum absolute atomic E-state index is 0.0539. The van der Waals surface area contributed by atoms with Crippen LogP contribution in [0.25, 0.3) is 0 Å². The zero-order valence-corrected chi connectivity index (χ0v) is 8.26. The molecule has 2 heteroatoms. The molecule has 2 nitrogen and oxygen atoms in total. The van der Waals surface area contributed by atoms with Crippen LogP contribution < -0.4 is 5.32 Å². The van der Waals surface area contributed by atoms with Gasteiger partial charge in [-0.25, -0.2) is 0 Å². The van der Waals surface area contributed by atoms with Gasteiger partial charge in [0.15, 0.2) is 0 Å². The molecule has 0 aromatic heterocycles. The van der Waals surface area contributed by atoms with Crippen molar-refractivity contribution < 1.29 is 4.79 Å². The molecule has 0 radical (unpaired) electrons. The van der Waals surface area contributed by atoms with Crippen LogP contribution in [0.3, 0.4) is 0 Å². The van der Waals surface area contributed by atoms with Gasteiger partial charge in [0.1, 0.15) is 0 Å². The number of carbonyl (C=O) groups excluding carboxylic acids is 1. The topological polar surface area (TPSA) is 29.1 Å². The van der Waals surface area contributed by atoms with Gasteiger partial charge in [-0.15, -0.1) is 0 Å². The molecule has 0 bridgehead atoms. The molecule has 0 aromatic rings. The van der Waals surface area contributed by atoms with Gasteiger partial charge in [0.05, 0.1) is 0 Å². The number of allylic oxidation sites excluding steroid dienone is 2. The first-order valence-electron chi connectivity index (χ1n) is 4.38. The number of rotatable bonds is 4. The molecule has 0 aliphatic heterocycles. The number of hydrogen-bond acceptors (Lipinski definition) is 1. The van der Waals surface area contributed by atoms with E-state index in [0.717, 1.165) is 13.0 Å². The highest BCUT2D eigenvalue weighted by Gasteiger charge is 1.88. The Kier molecular flexibility index (Phi) is 14.2. The van der Waals surface area contributed by atoms with Crippen LogP contribution in [0.5, 0.6) is 0 Å². The first-order chi connectivity index (χ1) is 5.81. The van der Waals surface area contributed by atoms with E-state index in [9.17, 15) is 4.79 Å². The van der Waals surface area contributed by atoms with Gasteiger partial charge in [-0.2, -0.15) is 0 Å². The first-order valence-corrected chi connectivity index (χ1v) is 4.38. The van der Waals surface area contributed by atoms with Crippen LogP contribution in [0.15, 0.2) is 24.8 Å². The van der Waals surface area contributed by atoms with Crippen molar-refractivity contribution in [2.45, 2.75) is 27.2 Å². The second-order valence-corrected chi connectivity index (χ2v) is 1.89. The summed E-state index contributed by atoms with van der Waals surface area (Å²) in [6.07, 6.45) is 5.62. The molecular formula is C10H19NO. The molecule has 0 fully saturated rings. The summed E-state index contributed by atoms with van der Waals surface area (Å²) in [6.45, 7) is 10.2. The zero-order valence-electron chi connectivity index (χ0n) is 8.26. The average molecular weight is 169 g/mol. The highest BCUT2D eigenvalue weighted by Crippen LogP contribution is 1.75. The van der Waals surface area contributed by atoms with Crippen molar-refractivity contribution in [3.05, 3.63) is 24.8 Å². The van der Waals surface area contributed by atoms with Crippen LogP contribution in [0.4, 0.5) is 0 Å². The summed E-state index contributed by atoms with van der Waals surface area (Å²) in [7, 11) is 0. The van der Waals surface area contributed by atoms with E-state index < -0.39 is 0 Å². The van der Waals surface area contributed by atoms with Gasteiger partial charge in [0.25, 0.3) is 0 Å². The zero-order chi connectivity index (χ0) is 9.82. The van der Waals surface area contributed by atoms with Crippen molar-refractivity contribution in [1.29, 1.82) is 0 Å². The molecule has 70 valence electrons. The summed E-state index contributed by atoms with van der Waals surface area (Å²) < 4.78 is 0. The predicted octanol–water partition coefficient (Wildman–Crippen LogP) is 2.28. The van der Waals surface area contributed by atoms with Gasteiger partial charge in [-0.05, 0) is 6.42 Å². The van der Waals surface area contributed by atoms with E-state index in [0.29, 0.717) is 0 Å². The summed E-state index contributed by atoms with van der Waals surface area (Å²) in [4.78, 5) is 10.7. The Labute approximate surface area is 75.4 Å². The standard InChI is InChI=1S/C8H13NO.C2H6/c1-3-5-6-8(10)9-7-4-2;1-2/h3,5-6H,1,4,7H2,2H3,(H,9,10);1-2H3/b6-5+;. The SMILES string of the molecule is C=C/C=C/C(=O)NCCC.CC. The number of carbonyl (C=O) groups is 1. The maximum absolute atomic E-state index is 10.7. The third kappa shape index (κ3) is 11.7. The maximum atomic E-state index is 10.7. The second kappa shape index (κ2) is 12.6. The average Bonchev–Trinajstić information content (AvgIpc) is 2.14. The van der Waals surface area contributed by atoms with Gasteiger partial charge < -0.3 is 5.32 Å². The van der Waals surface area contributed by atoms with Crippen molar-refractivity contribution in [3.63, 3.8) is 0 Å². The fourth-order valence-corrected chi connectivity index (χ4v) is 0.463. The van der Waals surface area contributed by atoms with E-state index in [1.165, 1.54) is 6.08 Å². The molecule has 0 heterocycles. The van der Waals surface area contributed by atoms with Crippen molar-refractivity contribution in [3.8, 4) is 0 Å². The second-order valence-electron chi connectivity index (χ2n) is 1.89. The molecule has 0 rings (SSSR count). The molecule has 12 heavy (non-hydrogen) atoms. The lowest BCUT2D eigenvalue weighted by molar-refractivity contribution is -0.116. The van der Waals surface area contributed by atoms with Gasteiger partial charge in [0.2, 0.25) is 5.91 Å². The lowest BCUT2D eigenvalue weighted by Gasteiger charge is -1.95. The molecule has 0 saturated carbocycles. The van der Waals surface area contributed by atoms with Gasteiger partial charge >= 0.3 is 0 Å². The number of amides is 1. The lowest BCUT2D eigenvalue weighted by Crippen LogP contribution is -2.21. The van der Waals surface area contributed by atoms with Crippen LogP contribution in [0.1, 0.15) is 27.2 Å². The van der Waals surface area contributed by atoms with Crippen LogP contribution >= 0.6 is 0 Å². The summed E-state index contributed by atoms with van der Waals surface area (Å²) >= 11 is 0. The molecule has 0 atom stereocenters. The summed E-state index contributed by atoms with van der Waals surface area (Å²) in [5, 5.41) is 2.69. The van der Waals surface area contributed by atoms with Crippen molar-refractivity contribution in [2.75, 3.05) is 6.54 Å². The molecule has 0 saturated heterocycles. The molecule has 0 aliphatic rings. The third-order valence-electron chi connectivity index (χ3n) is 0.933. The summed E-state index contributed by atoms with van der Waals surface area (Å²) in [5.41, 5.74) is 0. The summed E-state index contributed by atoms with van der Waals surface area (Å²) in [6, 6.07) is 0. The van der Waals surface area contributed by atoms with E-state index in [1.54, 1.807) is 12.2 Å². The van der Waals surface area contributed by atoms with E-state index in [4.69, 9.17) is 0 Å². The third-order valence-corrected chi connectivity index (χ3v) is 0.933. The molecule has 0 aliphatic carbocycles. The van der Waals surface area contributed by atoms with Crippen molar-refractivity contribution >= 4 is 5.91 Å². The van der Waals surface area contributed by atoms with E-state index in [2.05, 4.69) is 11.9 Å². The van der Waals surface area contributed by atoms with Crippen LogP contribution in [-0.2, 0) is 4.79 Å². The molecule has 0 spiro atoms. The Balaban J connectivity index is 0. The Hall–Kier alpha value is -1.05. The van der Waals surface area contributed by atoms with Crippen LogP contribution in [0, 0.1) is 0 Å². The lowest BCUT2D eigenvalue weighted by atomic mass is 10.4. The highest BCUT2D eigenvalue weighted by molar-refractivity contribution is 5.87. The molecular weight excluding hydrogens is 150 g/mol. The Morgan fingerprint density at radius 1 is 1.50 bits per heavy atom. The van der Waals surface area contributed by atoms with Gasteiger partial charge in [-0.1, -0.05) is 39.5 Å². The quantitative estimate of drug-likeness (QED) is 0.507. The van der Waals surface area contributed by atoms with E-state index in [1.807, 2.05) is 20.8 Å². The smallest absolute Gasteiger partial charge is 0.243 e. The van der Waals surface area contributed by atoms with E-state index in [-0.39, 0.29) is 5.91 Å². The Morgan fingerprint density at radius 2 is 2.08 bits per heavy atom. The van der Waals surface area contributed by atoms with Gasteiger partial charge in [-0.3, -0.25) is 4.79 Å². The summed E-state index contributed by atoms with van der Waals surface area (Å²) in [5.74, 6) is -0.0539. The highest BCUT2D eigenvalue weighted by atomic mass is 16.1. The van der Waals surface area contributed by atoms with Crippen molar-refractivity contribution in [1.82, 2.24) is 5.32 Å². The monoisotopic (exact) mass is 169 g/mol. The molecule has 1 N–H and O–H groups in total. The predicted molar refractivity (Wildman–Crippen MR) is 54.0 cm³/mol. The van der Waals surface area contributed by atoms with Crippen LogP contribution in [0.2, 0.25) is 0 Å². The minimum Gasteiger partial charge on any atom is -0.353 e. The van der Waals surface area contributed by atoms with Gasteiger partial charge in [0, 0.05) is 12.6 Å². The first kappa shape index (κ1) is 13.5. The molecule has 1 amide bonds. The van der Waals surface area contributed by atoms with Crippen molar-refractivity contribution in [2.24, 2.45) is 0 Å². The Morgan fingerprint density at radius 3 is 2.50 bits per heavy atom. The fourth-order valence-electron chi connectivity index (χ4n) is 0.463. The van der Waals surface area contributed by atoms with E-state index >= 15 is 0 Å². The maximum Gasteiger partial charge on any atom is 0.243 e. The largest absolute Gasteiger partial charge is 0.353 e. The van der Waals surface area contributed by atoms with Crippen LogP contribution in [-0.4, -0.2) is 12.5 Å². The molecule has 0 aromatic carbocycles. The Bertz CT molecular complexity index is 139. The number of nitrogens with one attached hydrogen (secondary N) is 1. The fraction of sp³-hybridized carbons (Fsp3) is 0.500.